The molecular formula is C12H17INO2S-. The number of aliphatic hydroxyl groups is 1. The number of alkyl halides is 1. The van der Waals surface area contributed by atoms with Crippen molar-refractivity contribution in [1.82, 2.24) is 3.11 Å². The first-order chi connectivity index (χ1) is 8.20. The molecular weight excluding hydrogens is 349 g/mol. The molecule has 0 aromatic carbocycles. The summed E-state index contributed by atoms with van der Waals surface area (Å²) in [5.74, 6) is 0.349. The summed E-state index contributed by atoms with van der Waals surface area (Å²) in [6, 6.07) is 2.03. The zero-order valence-electron chi connectivity index (χ0n) is 10.0. The normalized spacial score (nSPS) is 27.1. The van der Waals surface area contributed by atoms with Gasteiger partial charge < -0.3 is 0 Å². The van der Waals surface area contributed by atoms with Gasteiger partial charge >= 0.3 is 117 Å². The van der Waals surface area contributed by atoms with Crippen LogP contribution >= 0.6 is 11.3 Å². The molecule has 96 valence electrons. The third-order valence-corrected chi connectivity index (χ3v) is 6.41. The Balaban J connectivity index is 2.28. The molecule has 3 nitrogen and oxygen atoms in total. The van der Waals surface area contributed by atoms with E-state index in [2.05, 4.69) is 10.3 Å². The van der Waals surface area contributed by atoms with Gasteiger partial charge in [-0.2, -0.15) is 0 Å². The van der Waals surface area contributed by atoms with E-state index in [0.717, 1.165) is 18.5 Å². The first-order valence-corrected chi connectivity index (χ1v) is 9.72. The van der Waals surface area contributed by atoms with Crippen LogP contribution in [-0.2, 0) is 10.2 Å². The fourth-order valence-electron chi connectivity index (χ4n) is 2.36. The van der Waals surface area contributed by atoms with Gasteiger partial charge in [-0.3, -0.25) is 0 Å². The van der Waals surface area contributed by atoms with Gasteiger partial charge in [-0.1, -0.05) is 0 Å². The van der Waals surface area contributed by atoms with Gasteiger partial charge in [0.1, 0.15) is 0 Å². The van der Waals surface area contributed by atoms with E-state index >= 15 is 0 Å². The number of thiophene rings is 1. The maximum atomic E-state index is 12.6. The van der Waals surface area contributed by atoms with Crippen molar-refractivity contribution in [1.29, 1.82) is 0 Å². The van der Waals surface area contributed by atoms with E-state index in [0.29, 0.717) is 0 Å². The van der Waals surface area contributed by atoms with E-state index in [1.165, 1.54) is 0 Å². The Hall–Kier alpha value is -0.140. The molecule has 0 unspecified atom stereocenters. The molecule has 0 spiro atoms. The van der Waals surface area contributed by atoms with Gasteiger partial charge in [-0.15, -0.1) is 0 Å². The van der Waals surface area contributed by atoms with Crippen LogP contribution in [0.5, 0.6) is 0 Å². The molecule has 1 N–H and O–H groups in total. The predicted octanol–water partition coefficient (Wildman–Crippen LogP) is -1.52. The van der Waals surface area contributed by atoms with Gasteiger partial charge in [0.15, 0.2) is 0 Å². The number of nitrogens with zero attached hydrogens (tertiary/aromatic N) is 1. The van der Waals surface area contributed by atoms with Crippen molar-refractivity contribution < 1.29 is 31.4 Å². The molecule has 2 rings (SSSR count). The van der Waals surface area contributed by atoms with E-state index in [4.69, 9.17) is 0 Å². The quantitative estimate of drug-likeness (QED) is 0.391. The fourth-order valence-corrected chi connectivity index (χ4v) is 4.65. The minimum atomic E-state index is -0.402. The van der Waals surface area contributed by atoms with Gasteiger partial charge in [0.25, 0.3) is 0 Å². The van der Waals surface area contributed by atoms with Crippen LogP contribution in [0.4, 0.5) is 0 Å². The summed E-state index contributed by atoms with van der Waals surface area (Å²) in [6.07, 6.45) is 0.805. The van der Waals surface area contributed by atoms with E-state index in [1.807, 2.05) is 21.5 Å². The summed E-state index contributed by atoms with van der Waals surface area (Å²) in [6.45, 7) is 2.92. The number of hydrogen-bond donors (Lipinski definition) is 1. The summed E-state index contributed by atoms with van der Waals surface area (Å²) in [5, 5.41) is 13.4. The molecule has 2 atom stereocenters. The van der Waals surface area contributed by atoms with Crippen LogP contribution < -0.4 is 21.5 Å². The molecule has 0 bridgehead atoms. The average Bonchev–Trinajstić information content (AvgIpc) is 2.84. The summed E-state index contributed by atoms with van der Waals surface area (Å²) in [7, 11) is 0. The minimum absolute atomic E-state index is 0.112. The van der Waals surface area contributed by atoms with Crippen molar-refractivity contribution in [2.24, 2.45) is 5.92 Å². The fraction of sp³-hybridized carbons (Fsp3) is 0.583. The summed E-state index contributed by atoms with van der Waals surface area (Å²) < 4.78 is 1.98. The summed E-state index contributed by atoms with van der Waals surface area (Å²) in [5.41, 5.74) is 0.697. The molecule has 0 saturated heterocycles. The molecule has 17 heavy (non-hydrogen) atoms. The van der Waals surface area contributed by atoms with Gasteiger partial charge in [0.05, 0.1) is 0 Å². The molecule has 1 heterocycles. The van der Waals surface area contributed by atoms with E-state index in [-0.39, 0.29) is 39.9 Å². The SMILES string of the molecule is CCN([I-]C)C(=O)[C@@]1(c2ccsc2)C[C@H]1CO. The second-order valence-corrected chi connectivity index (χ2v) is 7.13. The van der Waals surface area contributed by atoms with Gasteiger partial charge in [0, 0.05) is 0 Å². The molecule has 1 fully saturated rings. The van der Waals surface area contributed by atoms with Crippen molar-refractivity contribution in [3.63, 3.8) is 0 Å². The Labute approximate surface area is 116 Å². The van der Waals surface area contributed by atoms with Crippen molar-refractivity contribution >= 4 is 17.2 Å². The molecule has 0 aliphatic heterocycles. The summed E-state index contributed by atoms with van der Waals surface area (Å²) in [4.78, 5) is 14.7. The maximum absolute atomic E-state index is 12.6. The zero-order valence-corrected chi connectivity index (χ0v) is 13.0. The molecule has 1 aromatic rings. The molecule has 1 amide bonds. The Bertz CT molecular complexity index is 391. The van der Waals surface area contributed by atoms with Gasteiger partial charge in [-0.25, -0.2) is 0 Å². The Morgan fingerprint density at radius 1 is 1.76 bits per heavy atom. The number of hydrogen-bond acceptors (Lipinski definition) is 3. The van der Waals surface area contributed by atoms with Crippen LogP contribution in [0.3, 0.4) is 0 Å². The first kappa shape index (κ1) is 13.3. The summed E-state index contributed by atoms with van der Waals surface area (Å²) >= 11 is 1.40. The molecule has 1 saturated carbocycles. The number of likely N-dealkylation sites (N-methyl/N-ethyl adjacent to an activating group) is 1. The monoisotopic (exact) mass is 366 g/mol. The van der Waals surface area contributed by atoms with Crippen molar-refractivity contribution in [2.45, 2.75) is 18.8 Å². The molecule has 0 radical (unpaired) electrons. The number of amides is 1. The molecule has 5 heteroatoms. The van der Waals surface area contributed by atoms with Crippen LogP contribution in [-0.4, -0.2) is 32.2 Å². The number of halogens is 1. The van der Waals surface area contributed by atoms with Crippen LogP contribution in [0.1, 0.15) is 18.9 Å². The second-order valence-electron chi connectivity index (χ2n) is 4.22. The second kappa shape index (κ2) is 5.24. The molecule has 1 aliphatic carbocycles. The van der Waals surface area contributed by atoms with E-state index < -0.39 is 5.41 Å². The van der Waals surface area contributed by atoms with E-state index in [9.17, 15) is 9.90 Å². The van der Waals surface area contributed by atoms with E-state index in [1.54, 1.807) is 11.3 Å². The Morgan fingerprint density at radius 3 is 2.94 bits per heavy atom. The standard InChI is InChI=1S/C12H17INO2S/c1-3-14(13-2)11(16)12(6-10(12)7-15)9-4-5-17-8-9/h4-5,8,10,15H,3,6-7H2,1-2H3/q-1/t10-,12+/m0/s1. The number of aliphatic hydroxyl groups excluding tert-OH is 1. The van der Waals surface area contributed by atoms with Crippen LogP contribution in [0, 0.1) is 5.92 Å². The van der Waals surface area contributed by atoms with Crippen molar-refractivity contribution in [3.8, 4) is 0 Å². The number of rotatable bonds is 5. The third-order valence-electron chi connectivity index (χ3n) is 3.45. The van der Waals surface area contributed by atoms with Gasteiger partial charge in [-0.05, 0) is 0 Å². The van der Waals surface area contributed by atoms with Gasteiger partial charge in [0.2, 0.25) is 0 Å². The predicted molar refractivity (Wildman–Crippen MR) is 64.5 cm³/mol. The first-order valence-electron chi connectivity index (χ1n) is 5.66. The van der Waals surface area contributed by atoms with Crippen molar-refractivity contribution in [2.75, 3.05) is 18.1 Å². The molecule has 1 aliphatic rings. The van der Waals surface area contributed by atoms with Crippen LogP contribution in [0.2, 0.25) is 0 Å². The van der Waals surface area contributed by atoms with Crippen LogP contribution in [0.15, 0.2) is 16.8 Å². The third kappa shape index (κ3) is 2.13. The Kier molecular flexibility index (Phi) is 4.10. The number of carbonyl (C=O) groups excluding carboxylic acids is 1. The Morgan fingerprint density at radius 2 is 2.53 bits per heavy atom. The van der Waals surface area contributed by atoms with Crippen molar-refractivity contribution in [3.05, 3.63) is 22.4 Å². The zero-order chi connectivity index (χ0) is 12.5. The number of carbonyl (C=O) groups is 1. The van der Waals surface area contributed by atoms with Crippen LogP contribution in [0.25, 0.3) is 0 Å². The molecule has 1 aromatic heterocycles. The topological polar surface area (TPSA) is 40.5 Å². The average molecular weight is 366 g/mol.